The summed E-state index contributed by atoms with van der Waals surface area (Å²) < 4.78 is 42.7. The lowest BCUT2D eigenvalue weighted by molar-refractivity contribution is -0.275. The molecule has 0 saturated carbocycles. The summed E-state index contributed by atoms with van der Waals surface area (Å²) in [6, 6.07) is 8.25. The second kappa shape index (κ2) is 9.29. The van der Waals surface area contributed by atoms with E-state index in [2.05, 4.69) is 15.1 Å². The van der Waals surface area contributed by atoms with E-state index in [0.29, 0.717) is 16.7 Å². The Morgan fingerprint density at radius 3 is 2.31 bits per heavy atom. The van der Waals surface area contributed by atoms with Gasteiger partial charge in [-0.2, -0.15) is 13.2 Å². The highest BCUT2D eigenvalue weighted by atomic mass is 35.5. The maximum atomic E-state index is 14.2. The topological polar surface area (TPSA) is 67.7 Å². The molecular formula is C23H16Cl3F3N4O2. The molecule has 3 aromatic rings. The first-order valence-corrected chi connectivity index (χ1v) is 11.2. The van der Waals surface area contributed by atoms with Gasteiger partial charge in [-0.05, 0) is 48.4 Å². The number of benzene rings is 2. The summed E-state index contributed by atoms with van der Waals surface area (Å²) in [6.07, 6.45) is -2.73. The Morgan fingerprint density at radius 2 is 1.74 bits per heavy atom. The lowest BCUT2D eigenvalue weighted by Crippen LogP contribution is -2.42. The first-order chi connectivity index (χ1) is 16.4. The molecule has 1 aromatic heterocycles. The van der Waals surface area contributed by atoms with Gasteiger partial charge in [0.25, 0.3) is 11.5 Å². The van der Waals surface area contributed by atoms with E-state index in [1.165, 1.54) is 42.5 Å². The second-order valence-electron chi connectivity index (χ2n) is 7.88. The molecule has 0 aliphatic carbocycles. The van der Waals surface area contributed by atoms with Gasteiger partial charge in [-0.15, -0.1) is 0 Å². The molecule has 0 bridgehead atoms. The second-order valence-corrected chi connectivity index (χ2v) is 9.14. The van der Waals surface area contributed by atoms with Gasteiger partial charge in [0.05, 0.1) is 18.1 Å². The first-order valence-electron chi connectivity index (χ1n) is 10.1. The van der Waals surface area contributed by atoms with Crippen LogP contribution in [0, 0.1) is 6.92 Å². The van der Waals surface area contributed by atoms with Crippen LogP contribution in [0.5, 0.6) is 0 Å². The van der Waals surface area contributed by atoms with Crippen LogP contribution in [0.2, 0.25) is 15.2 Å². The molecule has 1 amide bonds. The fraction of sp³-hybridized carbons (Fsp3) is 0.217. The third-order valence-electron chi connectivity index (χ3n) is 5.56. The van der Waals surface area contributed by atoms with Crippen molar-refractivity contribution < 1.29 is 22.8 Å². The number of carbonyl (C=O) groups is 1. The Balaban J connectivity index is 1.62. The number of halogens is 6. The number of oxime groups is 1. The number of hydrogen-bond donors (Lipinski definition) is 0. The predicted octanol–water partition coefficient (Wildman–Crippen LogP) is 6.60. The molecule has 0 radical (unpaired) electrons. The van der Waals surface area contributed by atoms with Crippen LogP contribution >= 0.6 is 34.8 Å². The highest BCUT2D eigenvalue weighted by Crippen LogP contribution is 2.49. The number of aromatic nitrogens is 2. The first kappa shape index (κ1) is 25.2. The normalized spacial score (nSPS) is 17.7. The van der Waals surface area contributed by atoms with E-state index in [9.17, 15) is 18.0 Å². The van der Waals surface area contributed by atoms with Gasteiger partial charge in [0.2, 0.25) is 0 Å². The number of amides is 1. The van der Waals surface area contributed by atoms with Gasteiger partial charge in [0, 0.05) is 34.6 Å². The van der Waals surface area contributed by atoms with E-state index in [1.54, 1.807) is 13.0 Å². The Kier molecular flexibility index (Phi) is 6.70. The third kappa shape index (κ3) is 4.80. The number of nitrogens with zero attached hydrogens (tertiary/aromatic N) is 4. The lowest BCUT2D eigenvalue weighted by atomic mass is 9.86. The van der Waals surface area contributed by atoms with Crippen molar-refractivity contribution in [2.24, 2.45) is 5.16 Å². The van der Waals surface area contributed by atoms with Crippen LogP contribution in [-0.4, -0.2) is 34.8 Å². The van der Waals surface area contributed by atoms with Crippen LogP contribution in [0.25, 0.3) is 0 Å². The van der Waals surface area contributed by atoms with E-state index in [-0.39, 0.29) is 38.2 Å². The van der Waals surface area contributed by atoms with E-state index in [1.807, 2.05) is 0 Å². The van der Waals surface area contributed by atoms with Crippen molar-refractivity contribution in [3.8, 4) is 0 Å². The maximum Gasteiger partial charge on any atom is 0.435 e. The molecule has 0 N–H and O–H groups in total. The molecule has 0 fully saturated rings. The molecule has 2 heterocycles. The minimum Gasteiger partial charge on any atom is -0.374 e. The van der Waals surface area contributed by atoms with Crippen molar-refractivity contribution in [3.63, 3.8) is 0 Å². The van der Waals surface area contributed by atoms with Crippen molar-refractivity contribution in [1.29, 1.82) is 0 Å². The van der Waals surface area contributed by atoms with Crippen molar-refractivity contribution in [2.45, 2.75) is 25.1 Å². The van der Waals surface area contributed by atoms with Gasteiger partial charge in [0.15, 0.2) is 5.82 Å². The van der Waals surface area contributed by atoms with Crippen molar-refractivity contribution in [1.82, 2.24) is 9.97 Å². The van der Waals surface area contributed by atoms with Crippen LogP contribution < -0.4 is 4.90 Å². The fourth-order valence-corrected chi connectivity index (χ4v) is 4.32. The molecule has 1 aliphatic rings. The number of rotatable bonds is 4. The summed E-state index contributed by atoms with van der Waals surface area (Å²) in [5, 5.41) is 4.02. The molecule has 1 unspecified atom stereocenters. The van der Waals surface area contributed by atoms with Crippen molar-refractivity contribution >= 4 is 52.2 Å². The zero-order valence-corrected chi connectivity index (χ0v) is 20.5. The quantitative estimate of drug-likeness (QED) is 0.372. The van der Waals surface area contributed by atoms with Crippen LogP contribution in [0.15, 0.2) is 53.9 Å². The van der Waals surface area contributed by atoms with Crippen LogP contribution in [0.3, 0.4) is 0 Å². The summed E-state index contributed by atoms with van der Waals surface area (Å²) in [4.78, 5) is 27.3. The molecule has 0 saturated heterocycles. The smallest absolute Gasteiger partial charge is 0.374 e. The van der Waals surface area contributed by atoms with E-state index < -0.39 is 18.2 Å². The molecule has 35 heavy (non-hydrogen) atoms. The number of hydrogen-bond acceptors (Lipinski definition) is 5. The molecule has 12 heteroatoms. The van der Waals surface area contributed by atoms with Crippen LogP contribution in [-0.2, 0) is 10.4 Å². The molecule has 1 atom stereocenters. The largest absolute Gasteiger partial charge is 0.435 e. The average molecular weight is 544 g/mol. The van der Waals surface area contributed by atoms with E-state index in [4.69, 9.17) is 39.6 Å². The Hall–Kier alpha value is -2.88. The summed E-state index contributed by atoms with van der Waals surface area (Å²) in [5.74, 6) is -0.0971. The highest BCUT2D eigenvalue weighted by Gasteiger charge is 2.62. The van der Waals surface area contributed by atoms with Gasteiger partial charge < -0.3 is 4.84 Å². The molecule has 4 rings (SSSR count). The zero-order chi connectivity index (χ0) is 25.5. The zero-order valence-electron chi connectivity index (χ0n) is 18.2. The number of carbonyl (C=O) groups excluding carboxylic acids is 1. The minimum absolute atomic E-state index is 0.0429. The summed E-state index contributed by atoms with van der Waals surface area (Å²) >= 11 is 17.6. The Bertz CT molecular complexity index is 1310. The average Bonchev–Trinajstić information content (AvgIpc) is 3.25. The monoisotopic (exact) mass is 542 g/mol. The molecule has 182 valence electrons. The number of aryl methyl sites for hydroxylation is 1. The van der Waals surface area contributed by atoms with E-state index in [0.717, 1.165) is 12.1 Å². The van der Waals surface area contributed by atoms with E-state index >= 15 is 0 Å². The van der Waals surface area contributed by atoms with Crippen LogP contribution in [0.4, 0.5) is 19.0 Å². The fourth-order valence-electron chi connectivity index (χ4n) is 3.69. The van der Waals surface area contributed by atoms with Crippen molar-refractivity contribution in [2.75, 3.05) is 11.9 Å². The summed E-state index contributed by atoms with van der Waals surface area (Å²) in [7, 11) is 1.52. The van der Waals surface area contributed by atoms with Gasteiger partial charge in [0.1, 0.15) is 5.15 Å². The predicted molar refractivity (Wildman–Crippen MR) is 127 cm³/mol. The SMILES string of the molecule is Cc1cc(C2=NOC(c3cc(Cl)cc(Cl)c3)(C(F)(F)F)C2)ccc1C(=O)N(C)c1cnc(Cl)cn1. The summed E-state index contributed by atoms with van der Waals surface area (Å²) in [5.41, 5.74) is -1.69. The Labute approximate surface area is 213 Å². The maximum absolute atomic E-state index is 14.2. The van der Waals surface area contributed by atoms with Gasteiger partial charge in [-0.25, -0.2) is 9.97 Å². The lowest BCUT2D eigenvalue weighted by Gasteiger charge is -2.29. The molecule has 2 aromatic carbocycles. The van der Waals surface area contributed by atoms with Gasteiger partial charge >= 0.3 is 6.18 Å². The highest BCUT2D eigenvalue weighted by molar-refractivity contribution is 6.34. The van der Waals surface area contributed by atoms with Gasteiger partial charge in [-0.1, -0.05) is 46.0 Å². The molecule has 6 nitrogen and oxygen atoms in total. The summed E-state index contributed by atoms with van der Waals surface area (Å²) in [6.45, 7) is 1.67. The van der Waals surface area contributed by atoms with Gasteiger partial charge in [-0.3, -0.25) is 9.69 Å². The van der Waals surface area contributed by atoms with Crippen LogP contribution in [0.1, 0.15) is 33.5 Å². The molecular weight excluding hydrogens is 528 g/mol. The molecule has 0 spiro atoms. The number of alkyl halides is 3. The minimum atomic E-state index is -4.81. The standard InChI is InChI=1S/C23H16Cl3F3N4O2/c1-12-5-13(3-4-17(12)21(34)33(2)20-11-30-19(26)10-31-20)18-9-22(35-32-18,23(27,28)29)14-6-15(24)8-16(25)7-14/h3-8,10-11H,9H2,1-2H3. The van der Waals surface area contributed by atoms with Crippen molar-refractivity contribution in [3.05, 3.63) is 86.2 Å². The number of anilines is 1. The Morgan fingerprint density at radius 1 is 1.06 bits per heavy atom. The molecule has 1 aliphatic heterocycles. The third-order valence-corrected chi connectivity index (χ3v) is 6.19.